The van der Waals surface area contributed by atoms with Crippen molar-refractivity contribution in [3.05, 3.63) is 59.5 Å². The molecule has 0 aliphatic carbocycles. The van der Waals surface area contributed by atoms with Crippen LogP contribution in [0.4, 0.5) is 10.2 Å². The summed E-state index contributed by atoms with van der Waals surface area (Å²) in [6.07, 6.45) is -0.302. The Bertz CT molecular complexity index is 1120. The first-order chi connectivity index (χ1) is 16.7. The minimum absolute atomic E-state index is 0.137. The number of carbonyl (C=O) groups excluding carboxylic acids is 3. The molecule has 0 N–H and O–H groups in total. The molecule has 1 atom stereocenters. The molecule has 35 heavy (non-hydrogen) atoms. The lowest BCUT2D eigenvalue weighted by molar-refractivity contribution is -0.142. The number of piperazine rings is 1. The number of benzene rings is 1. The molecule has 2 aliphatic heterocycles. The number of imide groups is 1. The molecule has 0 bridgehead atoms. The molecule has 0 unspecified atom stereocenters. The van der Waals surface area contributed by atoms with Crippen LogP contribution in [0.5, 0.6) is 0 Å². The Morgan fingerprint density at radius 3 is 2.46 bits per heavy atom. The van der Waals surface area contributed by atoms with Crippen molar-refractivity contribution in [2.24, 2.45) is 0 Å². The predicted molar refractivity (Wildman–Crippen MR) is 130 cm³/mol. The van der Waals surface area contributed by atoms with Crippen molar-refractivity contribution in [2.75, 3.05) is 58.3 Å². The third kappa shape index (κ3) is 5.19. The summed E-state index contributed by atoms with van der Waals surface area (Å²) in [5.74, 6) is -0.584. The Morgan fingerprint density at radius 2 is 1.80 bits per heavy atom. The lowest BCUT2D eigenvalue weighted by atomic mass is 9.75. The van der Waals surface area contributed by atoms with Gasteiger partial charge < -0.3 is 14.7 Å². The largest absolute Gasteiger partial charge is 0.353 e. The maximum Gasteiger partial charge on any atom is 0.240 e. The highest BCUT2D eigenvalue weighted by Crippen LogP contribution is 2.40. The molecule has 186 valence electrons. The van der Waals surface area contributed by atoms with Crippen molar-refractivity contribution in [2.45, 2.75) is 25.2 Å². The summed E-state index contributed by atoms with van der Waals surface area (Å²) in [5.41, 5.74) is -0.0851. The number of amides is 3. The summed E-state index contributed by atoms with van der Waals surface area (Å²) in [7, 11) is 3.72. The highest BCUT2D eigenvalue weighted by molar-refractivity contribution is 6.10. The van der Waals surface area contributed by atoms with Crippen molar-refractivity contribution >= 4 is 23.5 Å². The smallest absolute Gasteiger partial charge is 0.240 e. The summed E-state index contributed by atoms with van der Waals surface area (Å²) >= 11 is 0. The molecular formula is C26H32FN5O3. The zero-order valence-corrected chi connectivity index (χ0v) is 20.5. The molecule has 0 radical (unpaired) electrons. The van der Waals surface area contributed by atoms with E-state index in [1.54, 1.807) is 11.0 Å². The van der Waals surface area contributed by atoms with Gasteiger partial charge >= 0.3 is 0 Å². The monoisotopic (exact) mass is 481 g/mol. The van der Waals surface area contributed by atoms with Crippen LogP contribution >= 0.6 is 0 Å². The summed E-state index contributed by atoms with van der Waals surface area (Å²) in [5, 5.41) is 0. The van der Waals surface area contributed by atoms with Crippen LogP contribution in [-0.4, -0.2) is 90.8 Å². The molecule has 8 nitrogen and oxygen atoms in total. The van der Waals surface area contributed by atoms with Gasteiger partial charge in [-0.15, -0.1) is 0 Å². The van der Waals surface area contributed by atoms with Gasteiger partial charge in [0.1, 0.15) is 11.6 Å². The van der Waals surface area contributed by atoms with E-state index in [-0.39, 0.29) is 31.2 Å². The highest BCUT2D eigenvalue weighted by atomic mass is 19.1. The number of pyridine rings is 1. The summed E-state index contributed by atoms with van der Waals surface area (Å²) in [4.78, 5) is 51.5. The van der Waals surface area contributed by atoms with Crippen LogP contribution in [0.15, 0.2) is 42.5 Å². The topological polar surface area (TPSA) is 77.1 Å². The zero-order valence-electron chi connectivity index (χ0n) is 20.5. The van der Waals surface area contributed by atoms with Gasteiger partial charge in [-0.25, -0.2) is 9.37 Å². The van der Waals surface area contributed by atoms with Crippen LogP contribution in [0.1, 0.15) is 24.1 Å². The third-order valence-corrected chi connectivity index (χ3v) is 6.84. The Hall–Kier alpha value is -3.33. The van der Waals surface area contributed by atoms with E-state index in [0.29, 0.717) is 38.3 Å². The number of hydrogen-bond acceptors (Lipinski definition) is 6. The van der Waals surface area contributed by atoms with Crippen LogP contribution in [0.3, 0.4) is 0 Å². The molecule has 0 saturated carbocycles. The second-order valence-electron chi connectivity index (χ2n) is 9.60. The first-order valence-electron chi connectivity index (χ1n) is 11.9. The number of anilines is 1. The Morgan fingerprint density at radius 1 is 1.09 bits per heavy atom. The standard InChI is InChI=1S/C26H32FN5O3/c1-19-6-4-9-22(28-19)30-11-13-31(14-12-30)23(33)17-26(20-7-5-8-21(27)16-20)18-24(34)32(25(26)35)15-10-29(2)3/h4-9,16H,10-15,17-18H2,1-3H3/t26-/m1/s1. The Labute approximate surface area is 205 Å². The van der Waals surface area contributed by atoms with Crippen molar-refractivity contribution in [1.82, 2.24) is 19.7 Å². The van der Waals surface area contributed by atoms with E-state index < -0.39 is 17.1 Å². The third-order valence-electron chi connectivity index (χ3n) is 6.84. The van der Waals surface area contributed by atoms with E-state index >= 15 is 0 Å². The molecule has 2 aliphatic rings. The second-order valence-corrected chi connectivity index (χ2v) is 9.60. The SMILES string of the molecule is Cc1cccc(N2CCN(C(=O)C[C@]3(c4cccc(F)c4)CC(=O)N(CCN(C)C)C3=O)CC2)n1. The van der Waals surface area contributed by atoms with Crippen LogP contribution in [0.2, 0.25) is 0 Å². The van der Waals surface area contributed by atoms with E-state index in [4.69, 9.17) is 0 Å². The van der Waals surface area contributed by atoms with Crippen molar-refractivity contribution in [3.63, 3.8) is 0 Å². The molecule has 1 aromatic heterocycles. The number of hydrogen-bond donors (Lipinski definition) is 0. The number of likely N-dealkylation sites (tertiary alicyclic amines) is 1. The molecular weight excluding hydrogens is 449 g/mol. The molecule has 3 heterocycles. The first kappa shape index (κ1) is 24.8. The van der Waals surface area contributed by atoms with Gasteiger partial charge in [0.05, 0.1) is 5.41 Å². The minimum Gasteiger partial charge on any atom is -0.353 e. The van der Waals surface area contributed by atoms with E-state index in [1.165, 1.54) is 23.1 Å². The quantitative estimate of drug-likeness (QED) is 0.562. The van der Waals surface area contributed by atoms with Crippen LogP contribution < -0.4 is 4.90 Å². The number of aryl methyl sites for hydroxylation is 1. The average Bonchev–Trinajstić information content (AvgIpc) is 3.07. The van der Waals surface area contributed by atoms with Gasteiger partial charge in [-0.05, 0) is 50.8 Å². The van der Waals surface area contributed by atoms with Gasteiger partial charge in [0.25, 0.3) is 0 Å². The number of halogens is 1. The van der Waals surface area contributed by atoms with Crippen molar-refractivity contribution in [1.29, 1.82) is 0 Å². The van der Waals surface area contributed by atoms with Crippen LogP contribution in [0.25, 0.3) is 0 Å². The lowest BCUT2D eigenvalue weighted by Crippen LogP contribution is -2.51. The molecule has 1 aromatic carbocycles. The predicted octanol–water partition coefficient (Wildman–Crippen LogP) is 1.83. The second kappa shape index (κ2) is 10.1. The van der Waals surface area contributed by atoms with Gasteiger partial charge in [-0.1, -0.05) is 18.2 Å². The summed E-state index contributed by atoms with van der Waals surface area (Å²) < 4.78 is 14.2. The normalized spacial score (nSPS) is 20.8. The Balaban J connectivity index is 1.53. The molecule has 2 aromatic rings. The van der Waals surface area contributed by atoms with Crippen molar-refractivity contribution in [3.8, 4) is 0 Å². The van der Waals surface area contributed by atoms with Gasteiger partial charge in [0, 0.05) is 57.8 Å². The number of rotatable bonds is 7. The maximum atomic E-state index is 14.2. The number of likely N-dealkylation sites (N-methyl/N-ethyl adjacent to an activating group) is 1. The molecule has 4 rings (SSSR count). The lowest BCUT2D eigenvalue weighted by Gasteiger charge is -2.37. The highest BCUT2D eigenvalue weighted by Gasteiger charge is 2.54. The number of nitrogens with zero attached hydrogens (tertiary/aromatic N) is 5. The van der Waals surface area contributed by atoms with Gasteiger partial charge in [0.15, 0.2) is 0 Å². The fraction of sp³-hybridized carbons (Fsp3) is 0.462. The fourth-order valence-corrected chi connectivity index (χ4v) is 4.84. The Kier molecular flexibility index (Phi) is 7.16. The minimum atomic E-state index is -1.39. The van der Waals surface area contributed by atoms with Crippen LogP contribution in [-0.2, 0) is 19.8 Å². The zero-order chi connectivity index (χ0) is 25.2. The van der Waals surface area contributed by atoms with Gasteiger partial charge in [-0.2, -0.15) is 0 Å². The van der Waals surface area contributed by atoms with E-state index in [2.05, 4.69) is 9.88 Å². The van der Waals surface area contributed by atoms with Crippen LogP contribution in [0, 0.1) is 12.7 Å². The molecule has 9 heteroatoms. The summed E-state index contributed by atoms with van der Waals surface area (Å²) in [6, 6.07) is 11.6. The molecule has 0 spiro atoms. The number of carbonyl (C=O) groups is 3. The fourth-order valence-electron chi connectivity index (χ4n) is 4.84. The molecule has 2 fully saturated rings. The first-order valence-corrected chi connectivity index (χ1v) is 11.9. The summed E-state index contributed by atoms with van der Waals surface area (Å²) in [6.45, 7) is 4.91. The molecule has 3 amide bonds. The van der Waals surface area contributed by atoms with E-state index in [1.807, 2.05) is 44.1 Å². The molecule has 2 saturated heterocycles. The van der Waals surface area contributed by atoms with E-state index in [9.17, 15) is 18.8 Å². The number of aromatic nitrogens is 1. The van der Waals surface area contributed by atoms with E-state index in [0.717, 1.165) is 11.5 Å². The van der Waals surface area contributed by atoms with Gasteiger partial charge in [-0.3, -0.25) is 19.3 Å². The van der Waals surface area contributed by atoms with Gasteiger partial charge in [0.2, 0.25) is 17.7 Å². The maximum absolute atomic E-state index is 14.2. The average molecular weight is 482 g/mol. The van der Waals surface area contributed by atoms with Crippen molar-refractivity contribution < 1.29 is 18.8 Å².